The Kier molecular flexibility index (Phi) is 4.28. The van der Waals surface area contributed by atoms with Crippen LogP contribution < -0.4 is 11.1 Å². The predicted octanol–water partition coefficient (Wildman–Crippen LogP) is 1.32. The summed E-state index contributed by atoms with van der Waals surface area (Å²) in [5.41, 5.74) is 5.14. The normalized spacial score (nSPS) is 25.2. The molecule has 104 valence electrons. The number of carbonyl (C=O) groups is 1. The molecule has 18 heavy (non-hydrogen) atoms. The Labute approximate surface area is 109 Å². The average Bonchev–Trinajstić information content (AvgIpc) is 2.32. The van der Waals surface area contributed by atoms with Gasteiger partial charge in [0.15, 0.2) is 0 Å². The number of aliphatic hydroxyl groups is 1. The third-order valence-corrected chi connectivity index (χ3v) is 4.78. The number of nitrogens with two attached hydrogens (primary N) is 1. The standard InChI is InChI=1S/C14H26N2O2/c15-10-13(5-4-6-13)9-12(17)16-11-14(18)7-2-1-3-8-14/h18H,1-11,15H2,(H,16,17). The first-order chi connectivity index (χ1) is 8.58. The molecule has 0 spiro atoms. The Bertz CT molecular complexity index is 289. The van der Waals surface area contributed by atoms with Crippen LogP contribution in [-0.4, -0.2) is 29.7 Å². The first-order valence-electron chi connectivity index (χ1n) is 7.27. The summed E-state index contributed by atoms with van der Waals surface area (Å²) in [6.45, 7) is 1.01. The first kappa shape index (κ1) is 13.8. The molecule has 4 nitrogen and oxygen atoms in total. The van der Waals surface area contributed by atoms with E-state index in [1.807, 2.05) is 0 Å². The van der Waals surface area contributed by atoms with E-state index in [2.05, 4.69) is 5.32 Å². The summed E-state index contributed by atoms with van der Waals surface area (Å²) in [6, 6.07) is 0. The zero-order valence-electron chi connectivity index (χ0n) is 11.2. The maximum atomic E-state index is 11.9. The molecule has 0 aliphatic heterocycles. The van der Waals surface area contributed by atoms with Gasteiger partial charge in [-0.1, -0.05) is 25.7 Å². The fraction of sp³-hybridized carbons (Fsp3) is 0.929. The van der Waals surface area contributed by atoms with E-state index in [9.17, 15) is 9.90 Å². The van der Waals surface area contributed by atoms with Gasteiger partial charge in [0.2, 0.25) is 5.91 Å². The van der Waals surface area contributed by atoms with Gasteiger partial charge in [-0.15, -0.1) is 0 Å². The fourth-order valence-electron chi connectivity index (χ4n) is 3.18. The Morgan fingerprint density at radius 3 is 2.28 bits per heavy atom. The quantitative estimate of drug-likeness (QED) is 0.692. The summed E-state index contributed by atoms with van der Waals surface area (Å²) in [5.74, 6) is 0.0548. The summed E-state index contributed by atoms with van der Waals surface area (Å²) in [5, 5.41) is 13.2. The Balaban J connectivity index is 1.74. The van der Waals surface area contributed by atoms with Gasteiger partial charge in [-0.3, -0.25) is 4.79 Å². The molecular weight excluding hydrogens is 228 g/mol. The van der Waals surface area contributed by atoms with E-state index >= 15 is 0 Å². The summed E-state index contributed by atoms with van der Waals surface area (Å²) < 4.78 is 0. The van der Waals surface area contributed by atoms with Crippen molar-refractivity contribution < 1.29 is 9.90 Å². The van der Waals surface area contributed by atoms with Crippen LogP contribution in [0, 0.1) is 5.41 Å². The lowest BCUT2D eigenvalue weighted by atomic mass is 9.66. The number of hydrogen-bond donors (Lipinski definition) is 3. The van der Waals surface area contributed by atoms with Gasteiger partial charge in [-0.05, 0) is 37.6 Å². The van der Waals surface area contributed by atoms with Crippen molar-refractivity contribution in [2.45, 2.75) is 63.4 Å². The molecule has 4 heteroatoms. The van der Waals surface area contributed by atoms with E-state index in [0.29, 0.717) is 19.5 Å². The zero-order valence-corrected chi connectivity index (χ0v) is 11.2. The maximum Gasteiger partial charge on any atom is 0.220 e. The number of rotatable bonds is 5. The van der Waals surface area contributed by atoms with E-state index in [-0.39, 0.29) is 11.3 Å². The van der Waals surface area contributed by atoms with Crippen LogP contribution in [0.2, 0.25) is 0 Å². The van der Waals surface area contributed by atoms with Gasteiger partial charge in [0.1, 0.15) is 0 Å². The molecule has 0 bridgehead atoms. The third-order valence-electron chi connectivity index (χ3n) is 4.78. The van der Waals surface area contributed by atoms with Crippen LogP contribution in [0.4, 0.5) is 0 Å². The summed E-state index contributed by atoms with van der Waals surface area (Å²) >= 11 is 0. The predicted molar refractivity (Wildman–Crippen MR) is 71.0 cm³/mol. The van der Waals surface area contributed by atoms with Crippen molar-refractivity contribution in [3.63, 3.8) is 0 Å². The largest absolute Gasteiger partial charge is 0.388 e. The first-order valence-corrected chi connectivity index (χ1v) is 7.27. The van der Waals surface area contributed by atoms with Gasteiger partial charge in [0.05, 0.1) is 5.60 Å². The highest BCUT2D eigenvalue weighted by Gasteiger charge is 2.38. The van der Waals surface area contributed by atoms with E-state index in [0.717, 1.165) is 38.5 Å². The van der Waals surface area contributed by atoms with Gasteiger partial charge in [0.25, 0.3) is 0 Å². The average molecular weight is 254 g/mol. The van der Waals surface area contributed by atoms with Crippen LogP contribution in [0.1, 0.15) is 57.8 Å². The molecule has 2 fully saturated rings. The van der Waals surface area contributed by atoms with Crippen LogP contribution >= 0.6 is 0 Å². The third kappa shape index (κ3) is 3.23. The zero-order chi connectivity index (χ0) is 13.1. The molecule has 2 saturated carbocycles. The molecule has 0 unspecified atom stereocenters. The van der Waals surface area contributed by atoms with Crippen molar-refractivity contribution in [1.82, 2.24) is 5.32 Å². The summed E-state index contributed by atoms with van der Waals surface area (Å²) in [7, 11) is 0. The van der Waals surface area contributed by atoms with Crippen molar-refractivity contribution >= 4 is 5.91 Å². The van der Waals surface area contributed by atoms with Crippen LogP contribution in [-0.2, 0) is 4.79 Å². The minimum absolute atomic E-state index is 0.0548. The van der Waals surface area contributed by atoms with Gasteiger partial charge in [-0.2, -0.15) is 0 Å². The van der Waals surface area contributed by atoms with E-state index in [1.54, 1.807) is 0 Å². The number of carbonyl (C=O) groups excluding carboxylic acids is 1. The van der Waals surface area contributed by atoms with Crippen molar-refractivity contribution in [1.29, 1.82) is 0 Å². The molecule has 2 aliphatic rings. The highest BCUT2D eigenvalue weighted by molar-refractivity contribution is 5.77. The molecule has 0 atom stereocenters. The van der Waals surface area contributed by atoms with Crippen molar-refractivity contribution in [3.8, 4) is 0 Å². The molecule has 0 radical (unpaired) electrons. The van der Waals surface area contributed by atoms with Gasteiger partial charge in [-0.25, -0.2) is 0 Å². The lowest BCUT2D eigenvalue weighted by molar-refractivity contribution is -0.126. The van der Waals surface area contributed by atoms with Crippen LogP contribution in [0.3, 0.4) is 0 Å². The SMILES string of the molecule is NCC1(CC(=O)NCC2(O)CCCCC2)CCC1. The summed E-state index contributed by atoms with van der Waals surface area (Å²) in [6.07, 6.45) is 8.83. The summed E-state index contributed by atoms with van der Waals surface area (Å²) in [4.78, 5) is 11.9. The molecule has 1 amide bonds. The van der Waals surface area contributed by atoms with Crippen LogP contribution in [0.5, 0.6) is 0 Å². The number of amides is 1. The van der Waals surface area contributed by atoms with Gasteiger partial charge in [0, 0.05) is 13.0 Å². The monoisotopic (exact) mass is 254 g/mol. The maximum absolute atomic E-state index is 11.9. The van der Waals surface area contributed by atoms with E-state index in [1.165, 1.54) is 12.8 Å². The fourth-order valence-corrected chi connectivity index (χ4v) is 3.18. The van der Waals surface area contributed by atoms with E-state index < -0.39 is 5.60 Å². The van der Waals surface area contributed by atoms with Crippen molar-refractivity contribution in [2.75, 3.05) is 13.1 Å². The molecule has 2 aliphatic carbocycles. The molecule has 2 rings (SSSR count). The van der Waals surface area contributed by atoms with Crippen molar-refractivity contribution in [3.05, 3.63) is 0 Å². The minimum Gasteiger partial charge on any atom is -0.388 e. The van der Waals surface area contributed by atoms with Crippen LogP contribution in [0.15, 0.2) is 0 Å². The molecule has 0 heterocycles. The highest BCUT2D eigenvalue weighted by atomic mass is 16.3. The second kappa shape index (κ2) is 5.57. The van der Waals surface area contributed by atoms with E-state index in [4.69, 9.17) is 5.73 Å². The minimum atomic E-state index is -0.663. The second-order valence-electron chi connectivity index (χ2n) is 6.30. The molecule has 0 aromatic rings. The van der Waals surface area contributed by atoms with Crippen molar-refractivity contribution in [2.24, 2.45) is 11.1 Å². The molecule has 4 N–H and O–H groups in total. The number of nitrogens with one attached hydrogen (secondary N) is 1. The molecule has 0 aromatic carbocycles. The Hall–Kier alpha value is -0.610. The molecule has 0 aromatic heterocycles. The Morgan fingerprint density at radius 2 is 1.78 bits per heavy atom. The lowest BCUT2D eigenvalue weighted by Crippen LogP contribution is -2.47. The number of hydrogen-bond acceptors (Lipinski definition) is 3. The van der Waals surface area contributed by atoms with Crippen LogP contribution in [0.25, 0.3) is 0 Å². The smallest absolute Gasteiger partial charge is 0.220 e. The van der Waals surface area contributed by atoms with Gasteiger partial charge >= 0.3 is 0 Å². The topological polar surface area (TPSA) is 75.4 Å². The molecule has 0 saturated heterocycles. The van der Waals surface area contributed by atoms with Gasteiger partial charge < -0.3 is 16.2 Å². The Morgan fingerprint density at radius 1 is 1.11 bits per heavy atom. The highest BCUT2D eigenvalue weighted by Crippen LogP contribution is 2.42. The second-order valence-corrected chi connectivity index (χ2v) is 6.30. The lowest BCUT2D eigenvalue weighted by Gasteiger charge is -2.40. The molecular formula is C14H26N2O2.